The van der Waals surface area contributed by atoms with Gasteiger partial charge in [0.2, 0.25) is 0 Å². The van der Waals surface area contributed by atoms with Crippen molar-refractivity contribution in [2.24, 2.45) is 0 Å². The first-order chi connectivity index (χ1) is 4.74. The second kappa shape index (κ2) is 2.36. The number of rotatable bonds is 1. The first-order valence-electron chi connectivity index (χ1n) is 2.64. The molecule has 0 aromatic rings. The molecule has 50 valence electrons. The van der Waals surface area contributed by atoms with Crippen molar-refractivity contribution in [3.05, 3.63) is 11.6 Å². The molecule has 0 unspecified atom stereocenters. The van der Waals surface area contributed by atoms with E-state index in [1.807, 2.05) is 0 Å². The highest BCUT2D eigenvalue weighted by atomic mass is 16.6. The largest absolute Gasteiger partial charge is 0.386 e. The fourth-order valence-corrected chi connectivity index (χ4v) is 0.621. The highest BCUT2D eigenvalue weighted by Gasteiger charge is 2.21. The van der Waals surface area contributed by atoms with Crippen LogP contribution in [0, 0.1) is 12.3 Å². The quantitative estimate of drug-likeness (QED) is 0.290. The summed E-state index contributed by atoms with van der Waals surface area (Å²) in [5.74, 6) is 0.988. The topological polar surface area (TPSA) is 43.4 Å². The molecule has 1 heterocycles. The maximum absolute atomic E-state index is 10.6. The number of esters is 2. The molecule has 0 atom stereocenters. The number of cyclic esters (lactones) is 2. The molecule has 0 radical (unpaired) electrons. The Morgan fingerprint density at radius 2 is 2.30 bits per heavy atom. The molecule has 0 aliphatic carbocycles. The number of carbonyl (C=O) groups excluding carboxylic acids is 2. The van der Waals surface area contributed by atoms with Gasteiger partial charge in [-0.1, -0.05) is 0 Å². The van der Waals surface area contributed by atoms with Crippen LogP contribution >= 0.6 is 0 Å². The van der Waals surface area contributed by atoms with Crippen LogP contribution in [-0.2, 0) is 14.3 Å². The molecule has 1 aliphatic rings. The molecule has 0 amide bonds. The van der Waals surface area contributed by atoms with Crippen molar-refractivity contribution in [2.75, 3.05) is 0 Å². The normalized spacial score (nSPS) is 16.1. The Morgan fingerprint density at radius 3 is 2.70 bits per heavy atom. The van der Waals surface area contributed by atoms with Crippen molar-refractivity contribution in [1.29, 1.82) is 0 Å². The molecule has 1 rings (SSSR count). The summed E-state index contributed by atoms with van der Waals surface area (Å²) in [6, 6.07) is 0. The van der Waals surface area contributed by atoms with Crippen LogP contribution in [0.2, 0.25) is 0 Å². The van der Waals surface area contributed by atoms with Gasteiger partial charge in [-0.3, -0.25) is 0 Å². The Morgan fingerprint density at radius 1 is 1.60 bits per heavy atom. The lowest BCUT2D eigenvalue weighted by Crippen LogP contribution is -2.01. The summed E-state index contributed by atoms with van der Waals surface area (Å²) in [5.41, 5.74) is 0.257. The third kappa shape index (κ3) is 1.06. The smallest absolute Gasteiger partial charge is 0.343 e. The van der Waals surface area contributed by atoms with E-state index in [9.17, 15) is 9.59 Å². The third-order valence-corrected chi connectivity index (χ3v) is 1.04. The summed E-state index contributed by atoms with van der Waals surface area (Å²) in [4.78, 5) is 20.9. The molecule has 0 saturated heterocycles. The average Bonchev–Trinajstić information content (AvgIpc) is 2.13. The Bertz CT molecular complexity index is 255. The highest BCUT2D eigenvalue weighted by molar-refractivity contribution is 6.09. The zero-order valence-corrected chi connectivity index (χ0v) is 5.09. The zero-order valence-electron chi connectivity index (χ0n) is 5.09. The molecule has 1 aliphatic heterocycles. The van der Waals surface area contributed by atoms with Crippen LogP contribution in [0.3, 0.4) is 0 Å². The van der Waals surface area contributed by atoms with E-state index in [-0.39, 0.29) is 12.0 Å². The maximum Gasteiger partial charge on any atom is 0.343 e. The Kier molecular flexibility index (Phi) is 1.55. The van der Waals surface area contributed by atoms with E-state index in [2.05, 4.69) is 10.7 Å². The van der Waals surface area contributed by atoms with Gasteiger partial charge in [0, 0.05) is 12.5 Å². The second-order valence-corrected chi connectivity index (χ2v) is 1.76. The van der Waals surface area contributed by atoms with Gasteiger partial charge in [0.15, 0.2) is 0 Å². The molecule has 0 aromatic carbocycles. The molecule has 0 N–H and O–H groups in total. The number of hydrogen-bond acceptors (Lipinski definition) is 3. The minimum Gasteiger partial charge on any atom is -0.386 e. The van der Waals surface area contributed by atoms with Gasteiger partial charge in [0.1, 0.15) is 0 Å². The number of terminal acetylenes is 1. The van der Waals surface area contributed by atoms with Crippen LogP contribution in [-0.4, -0.2) is 11.9 Å². The Hall–Kier alpha value is -1.56. The van der Waals surface area contributed by atoms with E-state index in [1.165, 1.54) is 0 Å². The predicted octanol–water partition coefficient (Wildman–Crippen LogP) is 0.0195. The molecule has 3 heteroatoms. The number of ether oxygens (including phenoxy) is 1. The summed E-state index contributed by atoms with van der Waals surface area (Å²) in [6.07, 6.45) is 6.18. The lowest BCUT2D eigenvalue weighted by Gasteiger charge is -1.87. The fourth-order valence-electron chi connectivity index (χ4n) is 0.621. The summed E-state index contributed by atoms with van der Waals surface area (Å²) in [6.45, 7) is 0. The van der Waals surface area contributed by atoms with Crippen molar-refractivity contribution in [3.63, 3.8) is 0 Å². The average molecular weight is 136 g/mol. The third-order valence-electron chi connectivity index (χ3n) is 1.04. The molecular weight excluding hydrogens is 132 g/mol. The zero-order chi connectivity index (χ0) is 7.56. The van der Waals surface area contributed by atoms with Gasteiger partial charge in [0.05, 0.1) is 5.57 Å². The van der Waals surface area contributed by atoms with Crippen molar-refractivity contribution in [2.45, 2.75) is 6.42 Å². The monoisotopic (exact) mass is 136 g/mol. The van der Waals surface area contributed by atoms with Gasteiger partial charge in [-0.2, -0.15) is 0 Å². The molecular formula is C7H4O3. The molecule has 10 heavy (non-hydrogen) atoms. The summed E-state index contributed by atoms with van der Waals surface area (Å²) < 4.78 is 4.16. The van der Waals surface area contributed by atoms with Gasteiger partial charge in [-0.25, -0.2) is 9.59 Å². The van der Waals surface area contributed by atoms with E-state index in [0.717, 1.165) is 6.08 Å². The molecule has 0 fully saturated rings. The predicted molar refractivity (Wildman–Crippen MR) is 32.6 cm³/mol. The lowest BCUT2D eigenvalue weighted by atomic mass is 10.2. The Labute approximate surface area is 57.7 Å². The van der Waals surface area contributed by atoms with Crippen LogP contribution in [0.5, 0.6) is 0 Å². The van der Waals surface area contributed by atoms with Crippen LogP contribution in [0.4, 0.5) is 0 Å². The summed E-state index contributed by atoms with van der Waals surface area (Å²) >= 11 is 0. The van der Waals surface area contributed by atoms with Crippen LogP contribution in [0.15, 0.2) is 11.6 Å². The number of hydrogen-bond donors (Lipinski definition) is 0. The van der Waals surface area contributed by atoms with Gasteiger partial charge in [-0.15, -0.1) is 12.3 Å². The van der Waals surface area contributed by atoms with E-state index in [0.29, 0.717) is 0 Å². The molecule has 0 spiro atoms. The fraction of sp³-hybridized carbons (Fsp3) is 0.143. The lowest BCUT2D eigenvalue weighted by molar-refractivity contribution is -0.150. The minimum atomic E-state index is -0.629. The Balaban J connectivity index is 2.77. The molecule has 0 bridgehead atoms. The second-order valence-electron chi connectivity index (χ2n) is 1.76. The first-order valence-corrected chi connectivity index (χ1v) is 2.64. The van der Waals surface area contributed by atoms with Crippen LogP contribution in [0.25, 0.3) is 0 Å². The standard InChI is InChI=1S/C7H4O3/c1-2-3-5-4-6(8)10-7(5)9/h1,4H,3H2. The molecule has 0 saturated carbocycles. The van der Waals surface area contributed by atoms with Gasteiger partial charge in [0.25, 0.3) is 0 Å². The van der Waals surface area contributed by atoms with Crippen LogP contribution in [0.1, 0.15) is 6.42 Å². The maximum atomic E-state index is 10.6. The van der Waals surface area contributed by atoms with Crippen molar-refractivity contribution < 1.29 is 14.3 Å². The number of carbonyl (C=O) groups is 2. The van der Waals surface area contributed by atoms with Gasteiger partial charge in [-0.05, 0) is 0 Å². The van der Waals surface area contributed by atoms with Crippen molar-refractivity contribution >= 4 is 11.9 Å². The first kappa shape index (κ1) is 6.56. The van der Waals surface area contributed by atoms with E-state index < -0.39 is 11.9 Å². The van der Waals surface area contributed by atoms with E-state index in [4.69, 9.17) is 6.42 Å². The summed E-state index contributed by atoms with van der Waals surface area (Å²) in [5, 5.41) is 0. The van der Waals surface area contributed by atoms with Crippen molar-refractivity contribution in [1.82, 2.24) is 0 Å². The van der Waals surface area contributed by atoms with Crippen molar-refractivity contribution in [3.8, 4) is 12.3 Å². The summed E-state index contributed by atoms with van der Waals surface area (Å²) in [7, 11) is 0. The van der Waals surface area contributed by atoms with E-state index in [1.54, 1.807) is 0 Å². The molecule has 0 aromatic heterocycles. The highest BCUT2D eigenvalue weighted by Crippen LogP contribution is 2.10. The minimum absolute atomic E-state index is 0.157. The van der Waals surface area contributed by atoms with Gasteiger partial charge >= 0.3 is 11.9 Å². The van der Waals surface area contributed by atoms with E-state index >= 15 is 0 Å². The van der Waals surface area contributed by atoms with Crippen LogP contribution < -0.4 is 0 Å². The molecule has 3 nitrogen and oxygen atoms in total. The SMILES string of the molecule is C#CCC1=CC(=O)OC1=O. The van der Waals surface area contributed by atoms with Gasteiger partial charge < -0.3 is 4.74 Å².